The molecule has 3 aromatic carbocycles. The second-order valence-electron chi connectivity index (χ2n) is 7.78. The molecule has 150 valence electrons. The lowest BCUT2D eigenvalue weighted by Crippen LogP contribution is -2.13. The summed E-state index contributed by atoms with van der Waals surface area (Å²) in [5.74, 6) is -0.224. The minimum absolute atomic E-state index is 0.224. The van der Waals surface area contributed by atoms with E-state index in [0.29, 0.717) is 5.69 Å². The molecule has 1 amide bonds. The van der Waals surface area contributed by atoms with Crippen LogP contribution in [0.4, 0.5) is 5.69 Å². The maximum atomic E-state index is 13.0. The fraction of sp³-hybridized carbons (Fsp3) is 0.154. The summed E-state index contributed by atoms with van der Waals surface area (Å²) in [6.45, 7) is 8.20. The van der Waals surface area contributed by atoms with E-state index in [9.17, 15) is 4.79 Å². The maximum Gasteiger partial charge on any atom is 0.276 e. The number of nitrogens with zero attached hydrogens (tertiary/aromatic N) is 2. The molecule has 0 radical (unpaired) electrons. The van der Waals surface area contributed by atoms with Crippen LogP contribution in [0.1, 0.15) is 32.7 Å². The quantitative estimate of drug-likeness (QED) is 0.459. The minimum atomic E-state index is -0.224. The van der Waals surface area contributed by atoms with E-state index in [1.165, 1.54) is 11.1 Å². The van der Waals surface area contributed by atoms with Gasteiger partial charge >= 0.3 is 0 Å². The van der Waals surface area contributed by atoms with Crippen molar-refractivity contribution in [1.29, 1.82) is 0 Å². The smallest absolute Gasteiger partial charge is 0.276 e. The first-order valence-electron chi connectivity index (χ1n) is 10.0. The Labute approximate surface area is 177 Å². The molecule has 0 aliphatic rings. The normalized spacial score (nSPS) is 10.8. The SMILES string of the molecule is Cc1ccc(-c2cc(C(=O)Nc3ccc(C)c(C)c3)nn2-c2cccc(C)c2)cc1. The van der Waals surface area contributed by atoms with Crippen LogP contribution in [0, 0.1) is 27.7 Å². The van der Waals surface area contributed by atoms with E-state index in [1.54, 1.807) is 0 Å². The van der Waals surface area contributed by atoms with Gasteiger partial charge in [-0.05, 0) is 74.7 Å². The Morgan fingerprint density at radius 3 is 2.27 bits per heavy atom. The number of hydrogen-bond acceptors (Lipinski definition) is 2. The van der Waals surface area contributed by atoms with Crippen molar-refractivity contribution in [3.8, 4) is 16.9 Å². The molecule has 4 nitrogen and oxygen atoms in total. The van der Waals surface area contributed by atoms with Gasteiger partial charge < -0.3 is 5.32 Å². The monoisotopic (exact) mass is 395 g/mol. The van der Waals surface area contributed by atoms with Gasteiger partial charge in [0.1, 0.15) is 0 Å². The summed E-state index contributed by atoms with van der Waals surface area (Å²) in [4.78, 5) is 13.0. The predicted octanol–water partition coefficient (Wildman–Crippen LogP) is 6.03. The van der Waals surface area contributed by atoms with Crippen molar-refractivity contribution in [2.75, 3.05) is 5.32 Å². The van der Waals surface area contributed by atoms with Crippen molar-refractivity contribution in [2.24, 2.45) is 0 Å². The molecule has 1 N–H and O–H groups in total. The van der Waals surface area contributed by atoms with E-state index < -0.39 is 0 Å². The zero-order valence-corrected chi connectivity index (χ0v) is 17.7. The van der Waals surface area contributed by atoms with Crippen molar-refractivity contribution in [3.63, 3.8) is 0 Å². The van der Waals surface area contributed by atoms with Crippen LogP contribution in [0.2, 0.25) is 0 Å². The van der Waals surface area contributed by atoms with Crippen LogP contribution in [0.3, 0.4) is 0 Å². The summed E-state index contributed by atoms with van der Waals surface area (Å²) in [7, 11) is 0. The van der Waals surface area contributed by atoms with Crippen molar-refractivity contribution < 1.29 is 4.79 Å². The van der Waals surface area contributed by atoms with Gasteiger partial charge in [-0.1, -0.05) is 48.0 Å². The van der Waals surface area contributed by atoms with Crippen molar-refractivity contribution in [2.45, 2.75) is 27.7 Å². The van der Waals surface area contributed by atoms with Gasteiger partial charge in [0, 0.05) is 11.3 Å². The summed E-state index contributed by atoms with van der Waals surface area (Å²) in [6.07, 6.45) is 0. The molecule has 0 aliphatic heterocycles. The zero-order valence-electron chi connectivity index (χ0n) is 17.7. The highest BCUT2D eigenvalue weighted by Gasteiger charge is 2.17. The lowest BCUT2D eigenvalue weighted by Gasteiger charge is -2.08. The number of amides is 1. The van der Waals surface area contributed by atoms with E-state index in [4.69, 9.17) is 0 Å². The Morgan fingerprint density at radius 1 is 0.800 bits per heavy atom. The molecule has 0 saturated carbocycles. The molecule has 0 aliphatic carbocycles. The van der Waals surface area contributed by atoms with Crippen LogP contribution in [0.15, 0.2) is 72.8 Å². The molecule has 0 fully saturated rings. The second-order valence-corrected chi connectivity index (χ2v) is 7.78. The average Bonchev–Trinajstić information content (AvgIpc) is 3.17. The number of hydrogen-bond donors (Lipinski definition) is 1. The Bertz CT molecular complexity index is 1220. The summed E-state index contributed by atoms with van der Waals surface area (Å²) >= 11 is 0. The molecular formula is C26H25N3O. The molecule has 1 aromatic heterocycles. The molecule has 4 heteroatoms. The van der Waals surface area contributed by atoms with Gasteiger partial charge in [0.25, 0.3) is 5.91 Å². The van der Waals surface area contributed by atoms with Crippen LogP contribution in [0.25, 0.3) is 16.9 Å². The predicted molar refractivity (Wildman–Crippen MR) is 122 cm³/mol. The number of aromatic nitrogens is 2. The molecule has 4 aromatic rings. The third kappa shape index (κ3) is 4.03. The third-order valence-corrected chi connectivity index (χ3v) is 5.30. The minimum Gasteiger partial charge on any atom is -0.321 e. The first kappa shape index (κ1) is 19.6. The number of carbonyl (C=O) groups excluding carboxylic acids is 1. The molecule has 0 saturated heterocycles. The molecule has 0 atom stereocenters. The van der Waals surface area contributed by atoms with E-state index in [-0.39, 0.29) is 5.91 Å². The Balaban J connectivity index is 1.75. The number of nitrogens with one attached hydrogen (secondary N) is 1. The van der Waals surface area contributed by atoms with Crippen LogP contribution >= 0.6 is 0 Å². The Morgan fingerprint density at radius 2 is 1.57 bits per heavy atom. The van der Waals surface area contributed by atoms with Gasteiger partial charge in [0.05, 0.1) is 11.4 Å². The van der Waals surface area contributed by atoms with Crippen LogP contribution in [-0.2, 0) is 0 Å². The molecule has 1 heterocycles. The summed E-state index contributed by atoms with van der Waals surface area (Å²) < 4.78 is 1.84. The molecule has 30 heavy (non-hydrogen) atoms. The van der Waals surface area contributed by atoms with E-state index >= 15 is 0 Å². The number of benzene rings is 3. The topological polar surface area (TPSA) is 46.9 Å². The number of rotatable bonds is 4. The fourth-order valence-corrected chi connectivity index (χ4v) is 3.39. The second kappa shape index (κ2) is 7.99. The van der Waals surface area contributed by atoms with Gasteiger partial charge in [-0.3, -0.25) is 4.79 Å². The first-order valence-corrected chi connectivity index (χ1v) is 10.0. The summed E-state index contributed by atoms with van der Waals surface area (Å²) in [5.41, 5.74) is 8.63. The fourth-order valence-electron chi connectivity index (χ4n) is 3.39. The highest BCUT2D eigenvalue weighted by molar-refractivity contribution is 6.03. The third-order valence-electron chi connectivity index (χ3n) is 5.30. The number of aryl methyl sites for hydroxylation is 4. The summed E-state index contributed by atoms with van der Waals surface area (Å²) in [6, 6.07) is 24.1. The van der Waals surface area contributed by atoms with Crippen LogP contribution in [0.5, 0.6) is 0 Å². The lowest BCUT2D eigenvalue weighted by atomic mass is 10.1. The molecular weight excluding hydrogens is 370 g/mol. The van der Waals surface area contributed by atoms with Crippen LogP contribution in [-0.4, -0.2) is 15.7 Å². The van der Waals surface area contributed by atoms with Gasteiger partial charge in [-0.25, -0.2) is 4.68 Å². The van der Waals surface area contributed by atoms with Gasteiger partial charge in [-0.15, -0.1) is 0 Å². The Hall–Kier alpha value is -3.66. The number of anilines is 1. The van der Waals surface area contributed by atoms with E-state index in [1.807, 2.05) is 61.0 Å². The standard InChI is InChI=1S/C26H25N3O/c1-17-8-11-21(12-9-17)25-16-24(28-29(25)23-7-5-6-18(2)14-23)26(30)27-22-13-10-19(3)20(4)15-22/h5-16H,1-4H3,(H,27,30). The van der Waals surface area contributed by atoms with Gasteiger partial charge in [0.2, 0.25) is 0 Å². The average molecular weight is 396 g/mol. The molecule has 0 spiro atoms. The summed E-state index contributed by atoms with van der Waals surface area (Å²) in [5, 5.41) is 7.64. The van der Waals surface area contributed by atoms with Crippen LogP contribution < -0.4 is 5.32 Å². The lowest BCUT2D eigenvalue weighted by molar-refractivity contribution is 0.102. The largest absolute Gasteiger partial charge is 0.321 e. The molecule has 0 bridgehead atoms. The number of carbonyl (C=O) groups is 1. The highest BCUT2D eigenvalue weighted by Crippen LogP contribution is 2.25. The molecule has 4 rings (SSSR count). The van der Waals surface area contributed by atoms with Crippen molar-refractivity contribution in [1.82, 2.24) is 9.78 Å². The van der Waals surface area contributed by atoms with E-state index in [2.05, 4.69) is 54.6 Å². The van der Waals surface area contributed by atoms with Crippen molar-refractivity contribution in [3.05, 3.63) is 101 Å². The zero-order chi connectivity index (χ0) is 21.3. The van der Waals surface area contributed by atoms with Gasteiger partial charge in [-0.2, -0.15) is 5.10 Å². The van der Waals surface area contributed by atoms with Gasteiger partial charge in [0.15, 0.2) is 5.69 Å². The highest BCUT2D eigenvalue weighted by atomic mass is 16.1. The Kier molecular flexibility index (Phi) is 5.23. The first-order chi connectivity index (χ1) is 14.4. The molecule has 0 unspecified atom stereocenters. The van der Waals surface area contributed by atoms with Crippen molar-refractivity contribution >= 4 is 11.6 Å². The van der Waals surface area contributed by atoms with E-state index in [0.717, 1.165) is 33.8 Å². The maximum absolute atomic E-state index is 13.0.